The average Bonchev–Trinajstić information content (AvgIpc) is 3.21. The van der Waals surface area contributed by atoms with Gasteiger partial charge in [-0.1, -0.05) is 246 Å². The van der Waals surface area contributed by atoms with Gasteiger partial charge in [0.05, 0.1) is 0 Å². The molecule has 338 valence electrons. The molecule has 0 radical (unpaired) electrons. The third kappa shape index (κ3) is 43.8. The summed E-state index contributed by atoms with van der Waals surface area (Å²) in [5, 5.41) is 0. The number of carbonyl (C=O) groups is 3. The molecule has 0 amide bonds. The Bertz CT molecular complexity index is 859. The summed E-state index contributed by atoms with van der Waals surface area (Å²) in [6, 6.07) is 0. The molecule has 0 aliphatic carbocycles. The molecule has 0 aromatic heterocycles. The molecule has 0 rings (SSSR count). The lowest BCUT2D eigenvalue weighted by atomic mass is 9.99. The van der Waals surface area contributed by atoms with Crippen LogP contribution in [0.15, 0.2) is 0 Å². The zero-order valence-electron chi connectivity index (χ0n) is 38.8. The lowest BCUT2D eigenvalue weighted by molar-refractivity contribution is -0.167. The zero-order chi connectivity index (χ0) is 41.7. The topological polar surface area (TPSA) is 78.9 Å². The Labute approximate surface area is 355 Å². The molecule has 0 aliphatic rings. The van der Waals surface area contributed by atoms with Gasteiger partial charge in [0.2, 0.25) is 0 Å². The summed E-state index contributed by atoms with van der Waals surface area (Å²) in [5.74, 6) is -0.000978. The Kier molecular flexibility index (Phi) is 44.2. The number of rotatable bonds is 46. The SMILES string of the molecule is CCCCCCCCCCCCCCCCCCCC(=O)O[C@H](COC(=O)CCCCCCCCCCCC)COC(=O)CCCCCCCCCCC(C)CC. The summed E-state index contributed by atoms with van der Waals surface area (Å²) in [4.78, 5) is 37.8. The Morgan fingerprint density at radius 1 is 0.351 bits per heavy atom. The fourth-order valence-electron chi connectivity index (χ4n) is 7.66. The largest absolute Gasteiger partial charge is 0.462 e. The quantitative estimate of drug-likeness (QED) is 0.0346. The molecular formula is C51H98O6. The summed E-state index contributed by atoms with van der Waals surface area (Å²) >= 11 is 0. The minimum atomic E-state index is -0.760. The molecule has 0 aromatic carbocycles. The van der Waals surface area contributed by atoms with Crippen molar-refractivity contribution in [1.29, 1.82) is 0 Å². The summed E-state index contributed by atoms with van der Waals surface area (Å²) in [7, 11) is 0. The second-order valence-corrected chi connectivity index (χ2v) is 17.7. The van der Waals surface area contributed by atoms with Gasteiger partial charge in [-0.3, -0.25) is 14.4 Å². The molecule has 6 nitrogen and oxygen atoms in total. The maximum atomic E-state index is 12.8. The first-order valence-electron chi connectivity index (χ1n) is 25.4. The van der Waals surface area contributed by atoms with Crippen molar-refractivity contribution in [2.45, 2.75) is 291 Å². The Balaban J connectivity index is 4.29. The van der Waals surface area contributed by atoms with Crippen molar-refractivity contribution in [2.24, 2.45) is 5.92 Å². The summed E-state index contributed by atoms with van der Waals surface area (Å²) in [6.45, 7) is 9.02. The van der Waals surface area contributed by atoms with Gasteiger partial charge < -0.3 is 14.2 Å². The van der Waals surface area contributed by atoms with Crippen LogP contribution >= 0.6 is 0 Å². The van der Waals surface area contributed by atoms with E-state index in [1.165, 1.54) is 180 Å². The van der Waals surface area contributed by atoms with Crippen molar-refractivity contribution in [3.05, 3.63) is 0 Å². The predicted octanol–water partition coefficient (Wildman–Crippen LogP) is 16.3. The van der Waals surface area contributed by atoms with Crippen LogP contribution < -0.4 is 0 Å². The van der Waals surface area contributed by atoms with Gasteiger partial charge >= 0.3 is 17.9 Å². The van der Waals surface area contributed by atoms with Crippen LogP contribution in [0.4, 0.5) is 0 Å². The molecule has 0 aliphatic heterocycles. The second kappa shape index (κ2) is 45.5. The molecule has 0 bridgehead atoms. The maximum Gasteiger partial charge on any atom is 0.306 e. The number of hydrogen-bond acceptors (Lipinski definition) is 6. The fourth-order valence-corrected chi connectivity index (χ4v) is 7.66. The number of ether oxygens (including phenoxy) is 3. The molecule has 0 aromatic rings. The van der Waals surface area contributed by atoms with Crippen molar-refractivity contribution >= 4 is 17.9 Å². The van der Waals surface area contributed by atoms with Gasteiger partial charge in [0, 0.05) is 19.3 Å². The van der Waals surface area contributed by atoms with Gasteiger partial charge in [0.15, 0.2) is 6.10 Å². The molecule has 6 heteroatoms. The van der Waals surface area contributed by atoms with E-state index in [1.54, 1.807) is 0 Å². The average molecular weight is 807 g/mol. The molecule has 0 heterocycles. The van der Waals surface area contributed by atoms with E-state index in [0.29, 0.717) is 19.3 Å². The summed E-state index contributed by atoms with van der Waals surface area (Å²) < 4.78 is 16.8. The second-order valence-electron chi connectivity index (χ2n) is 17.7. The van der Waals surface area contributed by atoms with Crippen LogP contribution in [-0.2, 0) is 28.6 Å². The van der Waals surface area contributed by atoms with Gasteiger partial charge in [0.25, 0.3) is 0 Å². The first-order chi connectivity index (χ1) is 27.9. The number of esters is 3. The van der Waals surface area contributed by atoms with Crippen LogP contribution in [0.3, 0.4) is 0 Å². The van der Waals surface area contributed by atoms with Crippen LogP contribution in [0.5, 0.6) is 0 Å². The van der Waals surface area contributed by atoms with E-state index < -0.39 is 6.10 Å². The summed E-state index contributed by atoms with van der Waals surface area (Å²) in [5.41, 5.74) is 0. The molecule has 57 heavy (non-hydrogen) atoms. The molecule has 0 N–H and O–H groups in total. The lowest BCUT2D eigenvalue weighted by Crippen LogP contribution is -2.30. The van der Waals surface area contributed by atoms with Crippen molar-refractivity contribution in [3.63, 3.8) is 0 Å². The van der Waals surface area contributed by atoms with Crippen molar-refractivity contribution in [3.8, 4) is 0 Å². The van der Waals surface area contributed by atoms with Gasteiger partial charge in [-0.05, 0) is 25.2 Å². The van der Waals surface area contributed by atoms with E-state index in [9.17, 15) is 14.4 Å². The normalized spacial score (nSPS) is 12.4. The zero-order valence-corrected chi connectivity index (χ0v) is 38.8. The molecule has 0 spiro atoms. The van der Waals surface area contributed by atoms with Gasteiger partial charge in [-0.25, -0.2) is 0 Å². The minimum absolute atomic E-state index is 0.0635. The van der Waals surface area contributed by atoms with E-state index >= 15 is 0 Å². The highest BCUT2D eigenvalue weighted by molar-refractivity contribution is 5.71. The molecule has 1 unspecified atom stereocenters. The van der Waals surface area contributed by atoms with Crippen LogP contribution in [0.2, 0.25) is 0 Å². The fraction of sp³-hybridized carbons (Fsp3) is 0.941. The van der Waals surface area contributed by atoms with E-state index in [4.69, 9.17) is 14.2 Å². The molecule has 0 fully saturated rings. The molecular weight excluding hydrogens is 709 g/mol. The van der Waals surface area contributed by atoms with E-state index in [2.05, 4.69) is 27.7 Å². The highest BCUT2D eigenvalue weighted by Crippen LogP contribution is 2.17. The molecule has 0 saturated heterocycles. The smallest absolute Gasteiger partial charge is 0.306 e. The van der Waals surface area contributed by atoms with Gasteiger partial charge in [-0.15, -0.1) is 0 Å². The number of hydrogen-bond donors (Lipinski definition) is 0. The van der Waals surface area contributed by atoms with Crippen molar-refractivity contribution in [2.75, 3.05) is 13.2 Å². The lowest BCUT2D eigenvalue weighted by Gasteiger charge is -2.18. The number of carbonyl (C=O) groups excluding carboxylic acids is 3. The van der Waals surface area contributed by atoms with Crippen LogP contribution in [0, 0.1) is 5.92 Å². The number of unbranched alkanes of at least 4 members (excludes halogenated alkanes) is 32. The van der Waals surface area contributed by atoms with E-state index in [-0.39, 0.29) is 31.1 Å². The first-order valence-corrected chi connectivity index (χ1v) is 25.4. The standard InChI is InChI=1S/C51H98O6/c1-5-8-10-12-14-16-18-19-20-21-22-23-24-26-32-36-40-44-51(54)57-48(45-55-49(52)42-38-34-30-25-17-15-13-11-9-6-2)46-56-50(53)43-39-35-31-28-27-29-33-37-41-47(4)7-3/h47-48H,5-46H2,1-4H3/t47?,48-/m1/s1. The third-order valence-corrected chi connectivity index (χ3v) is 11.9. The highest BCUT2D eigenvalue weighted by Gasteiger charge is 2.19. The highest BCUT2D eigenvalue weighted by atomic mass is 16.6. The predicted molar refractivity (Wildman–Crippen MR) is 243 cm³/mol. The monoisotopic (exact) mass is 807 g/mol. The Hall–Kier alpha value is -1.59. The van der Waals surface area contributed by atoms with Gasteiger partial charge in [0.1, 0.15) is 13.2 Å². The van der Waals surface area contributed by atoms with Crippen molar-refractivity contribution < 1.29 is 28.6 Å². The van der Waals surface area contributed by atoms with E-state index in [1.807, 2.05) is 0 Å². The maximum absolute atomic E-state index is 12.8. The minimum Gasteiger partial charge on any atom is -0.462 e. The molecule has 0 saturated carbocycles. The van der Waals surface area contributed by atoms with Crippen LogP contribution in [-0.4, -0.2) is 37.2 Å². The molecule has 2 atom stereocenters. The van der Waals surface area contributed by atoms with Crippen LogP contribution in [0.1, 0.15) is 285 Å². The van der Waals surface area contributed by atoms with Crippen molar-refractivity contribution in [1.82, 2.24) is 0 Å². The summed E-state index contributed by atoms with van der Waals surface area (Å²) in [6.07, 6.45) is 46.5. The first kappa shape index (κ1) is 55.4. The van der Waals surface area contributed by atoms with E-state index in [0.717, 1.165) is 63.7 Å². The Morgan fingerprint density at radius 3 is 0.912 bits per heavy atom. The van der Waals surface area contributed by atoms with Crippen LogP contribution in [0.25, 0.3) is 0 Å². The van der Waals surface area contributed by atoms with Gasteiger partial charge in [-0.2, -0.15) is 0 Å². The third-order valence-electron chi connectivity index (χ3n) is 11.9. The Morgan fingerprint density at radius 2 is 0.614 bits per heavy atom.